The smallest absolute Gasteiger partial charge is 0.191 e. The number of hydrogen-bond acceptors (Lipinski definition) is 2. The van der Waals surface area contributed by atoms with E-state index in [1.807, 2.05) is 19.1 Å². The minimum atomic E-state index is 0.106. The molecule has 17 heavy (non-hydrogen) atoms. The predicted octanol–water partition coefficient (Wildman–Crippen LogP) is 1.04. The molecule has 0 radical (unpaired) electrons. The van der Waals surface area contributed by atoms with E-state index in [0.717, 1.165) is 12.5 Å². The molecule has 0 saturated carbocycles. The summed E-state index contributed by atoms with van der Waals surface area (Å²) in [5.74, 6) is 0.741. The van der Waals surface area contributed by atoms with Crippen molar-refractivity contribution >= 4 is 5.96 Å². The zero-order valence-corrected chi connectivity index (χ0v) is 10.5. The standard InChI is InChI=1S/C13H21N3O/c1-3-14-13(15-8-9-17)16-10-12-7-5-4-6-11(12)2/h4-7,17H,3,8-10H2,1-2H3,(H2,14,15,16). The van der Waals surface area contributed by atoms with Crippen molar-refractivity contribution in [3.05, 3.63) is 35.4 Å². The minimum absolute atomic E-state index is 0.106. The van der Waals surface area contributed by atoms with Crippen molar-refractivity contribution in [1.82, 2.24) is 10.6 Å². The van der Waals surface area contributed by atoms with Crippen molar-refractivity contribution in [2.24, 2.45) is 4.99 Å². The average Bonchev–Trinajstić information content (AvgIpc) is 2.34. The summed E-state index contributed by atoms with van der Waals surface area (Å²) in [4.78, 5) is 4.47. The van der Waals surface area contributed by atoms with Crippen molar-refractivity contribution in [1.29, 1.82) is 0 Å². The Kier molecular flexibility index (Phi) is 6.10. The number of nitrogens with one attached hydrogen (secondary N) is 2. The molecule has 0 spiro atoms. The van der Waals surface area contributed by atoms with Crippen LogP contribution in [0.4, 0.5) is 0 Å². The van der Waals surface area contributed by atoms with Gasteiger partial charge >= 0.3 is 0 Å². The fraction of sp³-hybridized carbons (Fsp3) is 0.462. The van der Waals surface area contributed by atoms with Gasteiger partial charge in [0.1, 0.15) is 0 Å². The molecule has 0 atom stereocenters. The van der Waals surface area contributed by atoms with E-state index < -0.39 is 0 Å². The van der Waals surface area contributed by atoms with Gasteiger partial charge < -0.3 is 15.7 Å². The molecule has 0 bridgehead atoms. The van der Waals surface area contributed by atoms with E-state index >= 15 is 0 Å². The van der Waals surface area contributed by atoms with Crippen LogP contribution < -0.4 is 10.6 Å². The molecule has 4 heteroatoms. The van der Waals surface area contributed by atoms with Crippen molar-refractivity contribution in [2.45, 2.75) is 20.4 Å². The predicted molar refractivity (Wildman–Crippen MR) is 71.1 cm³/mol. The molecule has 3 N–H and O–H groups in total. The highest BCUT2D eigenvalue weighted by atomic mass is 16.3. The van der Waals surface area contributed by atoms with E-state index in [1.54, 1.807) is 0 Å². The van der Waals surface area contributed by atoms with Crippen LogP contribution in [0.2, 0.25) is 0 Å². The Morgan fingerprint density at radius 2 is 2.06 bits per heavy atom. The third kappa shape index (κ3) is 4.87. The third-order valence-electron chi connectivity index (χ3n) is 2.42. The lowest BCUT2D eigenvalue weighted by molar-refractivity contribution is 0.300. The molecule has 0 unspecified atom stereocenters. The first-order valence-corrected chi connectivity index (χ1v) is 5.95. The van der Waals surface area contributed by atoms with Gasteiger partial charge in [-0.05, 0) is 25.0 Å². The summed E-state index contributed by atoms with van der Waals surface area (Å²) in [5, 5.41) is 15.0. The largest absolute Gasteiger partial charge is 0.395 e. The fourth-order valence-electron chi connectivity index (χ4n) is 1.47. The quantitative estimate of drug-likeness (QED) is 0.528. The first-order valence-electron chi connectivity index (χ1n) is 5.95. The second-order valence-corrected chi connectivity index (χ2v) is 3.77. The number of hydrogen-bond donors (Lipinski definition) is 3. The molecule has 1 aromatic carbocycles. The molecule has 94 valence electrons. The van der Waals surface area contributed by atoms with Crippen molar-refractivity contribution in [2.75, 3.05) is 19.7 Å². The fourth-order valence-corrected chi connectivity index (χ4v) is 1.47. The van der Waals surface area contributed by atoms with Crippen LogP contribution in [0.3, 0.4) is 0 Å². The van der Waals surface area contributed by atoms with Crippen LogP contribution in [0.5, 0.6) is 0 Å². The van der Waals surface area contributed by atoms with E-state index in [4.69, 9.17) is 5.11 Å². The molecule has 0 heterocycles. The highest BCUT2D eigenvalue weighted by Crippen LogP contribution is 2.07. The van der Waals surface area contributed by atoms with Crippen molar-refractivity contribution < 1.29 is 5.11 Å². The second-order valence-electron chi connectivity index (χ2n) is 3.77. The Bertz CT molecular complexity index is 363. The molecule has 0 aliphatic heterocycles. The van der Waals surface area contributed by atoms with Gasteiger partial charge in [0.2, 0.25) is 0 Å². The van der Waals surface area contributed by atoms with Gasteiger partial charge in [0.05, 0.1) is 13.2 Å². The average molecular weight is 235 g/mol. The number of rotatable bonds is 5. The first kappa shape index (κ1) is 13.5. The number of benzene rings is 1. The molecule has 0 amide bonds. The van der Waals surface area contributed by atoms with Crippen LogP contribution in [0.15, 0.2) is 29.3 Å². The van der Waals surface area contributed by atoms with Gasteiger partial charge in [-0.3, -0.25) is 0 Å². The molecule has 0 saturated heterocycles. The maximum absolute atomic E-state index is 8.77. The number of aliphatic imine (C=N–C) groups is 1. The summed E-state index contributed by atoms with van der Waals surface area (Å²) in [7, 11) is 0. The molecule has 0 fully saturated rings. The number of aliphatic hydroxyl groups is 1. The molecular weight excluding hydrogens is 214 g/mol. The third-order valence-corrected chi connectivity index (χ3v) is 2.42. The number of nitrogens with zero attached hydrogens (tertiary/aromatic N) is 1. The lowest BCUT2D eigenvalue weighted by atomic mass is 10.1. The van der Waals surface area contributed by atoms with E-state index in [1.165, 1.54) is 11.1 Å². The minimum Gasteiger partial charge on any atom is -0.395 e. The van der Waals surface area contributed by atoms with Crippen LogP contribution >= 0.6 is 0 Å². The van der Waals surface area contributed by atoms with Crippen LogP contribution in [0.25, 0.3) is 0 Å². The molecular formula is C13H21N3O. The van der Waals surface area contributed by atoms with Gasteiger partial charge in [0.15, 0.2) is 5.96 Å². The SMILES string of the molecule is CCNC(=NCc1ccccc1C)NCCO. The lowest BCUT2D eigenvalue weighted by Crippen LogP contribution is -2.38. The Morgan fingerprint density at radius 3 is 2.71 bits per heavy atom. The summed E-state index contributed by atoms with van der Waals surface area (Å²) >= 11 is 0. The van der Waals surface area contributed by atoms with Crippen molar-refractivity contribution in [3.8, 4) is 0 Å². The van der Waals surface area contributed by atoms with E-state index in [2.05, 4.69) is 34.7 Å². The molecule has 0 aromatic heterocycles. The summed E-state index contributed by atoms with van der Waals surface area (Å²) in [5.41, 5.74) is 2.46. The molecule has 1 aromatic rings. The first-order chi connectivity index (χ1) is 8.27. The highest BCUT2D eigenvalue weighted by molar-refractivity contribution is 5.79. The molecule has 1 rings (SSSR count). The summed E-state index contributed by atoms with van der Waals surface area (Å²) in [6, 6.07) is 8.21. The topological polar surface area (TPSA) is 56.7 Å². The van der Waals surface area contributed by atoms with Crippen LogP contribution in [0.1, 0.15) is 18.1 Å². The van der Waals surface area contributed by atoms with Gasteiger partial charge in [0, 0.05) is 13.1 Å². The van der Waals surface area contributed by atoms with E-state index in [-0.39, 0.29) is 6.61 Å². The van der Waals surface area contributed by atoms with Gasteiger partial charge in [0.25, 0.3) is 0 Å². The maximum Gasteiger partial charge on any atom is 0.191 e. The highest BCUT2D eigenvalue weighted by Gasteiger charge is 1.98. The van der Waals surface area contributed by atoms with Gasteiger partial charge in [-0.15, -0.1) is 0 Å². The molecule has 4 nitrogen and oxygen atoms in total. The number of aliphatic hydroxyl groups excluding tert-OH is 1. The number of aryl methyl sites for hydroxylation is 1. The maximum atomic E-state index is 8.77. The Balaban J connectivity index is 2.61. The number of guanidine groups is 1. The van der Waals surface area contributed by atoms with Crippen molar-refractivity contribution in [3.63, 3.8) is 0 Å². The Morgan fingerprint density at radius 1 is 1.29 bits per heavy atom. The van der Waals surface area contributed by atoms with Crippen LogP contribution in [-0.2, 0) is 6.54 Å². The zero-order chi connectivity index (χ0) is 12.5. The van der Waals surface area contributed by atoms with Crippen LogP contribution in [-0.4, -0.2) is 30.8 Å². The normalized spacial score (nSPS) is 11.4. The summed E-state index contributed by atoms with van der Waals surface area (Å²) < 4.78 is 0. The van der Waals surface area contributed by atoms with Gasteiger partial charge in [-0.2, -0.15) is 0 Å². The van der Waals surface area contributed by atoms with Gasteiger partial charge in [-0.1, -0.05) is 24.3 Å². The van der Waals surface area contributed by atoms with E-state index in [9.17, 15) is 0 Å². The second kappa shape index (κ2) is 7.68. The summed E-state index contributed by atoms with van der Waals surface area (Å²) in [6.45, 7) is 6.18. The van der Waals surface area contributed by atoms with Crippen LogP contribution in [0, 0.1) is 6.92 Å². The molecule has 0 aliphatic rings. The van der Waals surface area contributed by atoms with E-state index in [0.29, 0.717) is 13.1 Å². The summed E-state index contributed by atoms with van der Waals surface area (Å²) in [6.07, 6.45) is 0. The molecule has 0 aliphatic carbocycles. The van der Waals surface area contributed by atoms with Gasteiger partial charge in [-0.25, -0.2) is 4.99 Å². The zero-order valence-electron chi connectivity index (χ0n) is 10.5. The Hall–Kier alpha value is -1.55. The monoisotopic (exact) mass is 235 g/mol. The lowest BCUT2D eigenvalue weighted by Gasteiger charge is -2.10. The Labute approximate surface area is 103 Å².